The second kappa shape index (κ2) is 3.92. The Kier molecular flexibility index (Phi) is 3.12. The zero-order valence-electron chi connectivity index (χ0n) is 6.79. The molecule has 1 rings (SSSR count). The quantitative estimate of drug-likeness (QED) is 0.819. The molecule has 1 aromatic rings. The van der Waals surface area contributed by atoms with Gasteiger partial charge in [0.05, 0.1) is 4.47 Å². The van der Waals surface area contributed by atoms with Crippen LogP contribution in [0, 0.1) is 0 Å². The summed E-state index contributed by atoms with van der Waals surface area (Å²) < 4.78 is 0.667. The molecule has 2 N–H and O–H groups in total. The number of phenolic OH excluding ortho intramolecular Hbond substituents is 1. The molecule has 0 aliphatic carbocycles. The lowest BCUT2D eigenvalue weighted by atomic mass is 10.0. The van der Waals surface area contributed by atoms with Crippen molar-refractivity contribution < 1.29 is 10.2 Å². The van der Waals surface area contributed by atoms with Crippen molar-refractivity contribution in [1.82, 2.24) is 0 Å². The molecule has 12 heavy (non-hydrogen) atoms. The number of aromatic hydroxyl groups is 1. The summed E-state index contributed by atoms with van der Waals surface area (Å²) in [5.74, 6) is 0.196. The van der Waals surface area contributed by atoms with Crippen molar-refractivity contribution >= 4 is 15.9 Å². The second-order valence-corrected chi connectivity index (χ2v) is 3.62. The molecule has 1 aromatic carbocycles. The van der Waals surface area contributed by atoms with Gasteiger partial charge in [-0.15, -0.1) is 0 Å². The highest BCUT2D eigenvalue weighted by Gasteiger charge is 2.10. The van der Waals surface area contributed by atoms with Crippen LogP contribution in [0.4, 0.5) is 0 Å². The Bertz CT molecular complexity index is 273. The number of hydrogen-bond donors (Lipinski definition) is 2. The summed E-state index contributed by atoms with van der Waals surface area (Å²) in [4.78, 5) is 0. The molecular formula is C9H11BrO2. The first-order chi connectivity index (χ1) is 5.66. The highest BCUT2D eigenvalue weighted by Crippen LogP contribution is 2.32. The van der Waals surface area contributed by atoms with Gasteiger partial charge in [0, 0.05) is 18.1 Å². The Morgan fingerprint density at radius 3 is 2.75 bits per heavy atom. The van der Waals surface area contributed by atoms with Gasteiger partial charge in [-0.05, 0) is 22.0 Å². The minimum absolute atomic E-state index is 0.0255. The molecule has 0 saturated heterocycles. The van der Waals surface area contributed by atoms with Crippen LogP contribution in [0.2, 0.25) is 0 Å². The third kappa shape index (κ3) is 1.79. The van der Waals surface area contributed by atoms with Crippen LogP contribution in [-0.4, -0.2) is 16.8 Å². The molecule has 2 nitrogen and oxygen atoms in total. The Labute approximate surface area is 80.0 Å². The maximum Gasteiger partial charge on any atom is 0.133 e. The molecule has 1 atom stereocenters. The summed E-state index contributed by atoms with van der Waals surface area (Å²) in [7, 11) is 0. The summed E-state index contributed by atoms with van der Waals surface area (Å²) in [6, 6.07) is 5.41. The van der Waals surface area contributed by atoms with Gasteiger partial charge in [0.1, 0.15) is 5.75 Å². The average molecular weight is 231 g/mol. The van der Waals surface area contributed by atoms with Crippen molar-refractivity contribution in [2.45, 2.75) is 12.8 Å². The predicted octanol–water partition coefficient (Wildman–Crippen LogP) is 2.25. The second-order valence-electron chi connectivity index (χ2n) is 2.76. The Morgan fingerprint density at radius 2 is 2.17 bits per heavy atom. The Balaban J connectivity index is 3.07. The highest BCUT2D eigenvalue weighted by atomic mass is 79.9. The van der Waals surface area contributed by atoms with Crippen molar-refractivity contribution in [2.24, 2.45) is 0 Å². The minimum atomic E-state index is -0.0255. The first-order valence-electron chi connectivity index (χ1n) is 3.75. The van der Waals surface area contributed by atoms with Gasteiger partial charge in [0.2, 0.25) is 0 Å². The van der Waals surface area contributed by atoms with Gasteiger partial charge >= 0.3 is 0 Å². The molecular weight excluding hydrogens is 220 g/mol. The molecule has 0 aliphatic heterocycles. The van der Waals surface area contributed by atoms with E-state index in [1.807, 2.05) is 13.0 Å². The number of aliphatic hydroxyl groups excluding tert-OH is 1. The first-order valence-corrected chi connectivity index (χ1v) is 4.54. The van der Waals surface area contributed by atoms with Gasteiger partial charge in [0.25, 0.3) is 0 Å². The molecule has 1 unspecified atom stereocenters. The smallest absolute Gasteiger partial charge is 0.133 e. The standard InChI is InChI=1S/C9H11BrO2/c1-6(5-11)7-3-2-4-8(10)9(7)12/h2-4,6,11-12H,5H2,1H3. The largest absolute Gasteiger partial charge is 0.506 e. The zero-order valence-corrected chi connectivity index (χ0v) is 8.37. The normalized spacial score (nSPS) is 12.9. The van der Waals surface area contributed by atoms with E-state index in [1.165, 1.54) is 0 Å². The fraction of sp³-hybridized carbons (Fsp3) is 0.333. The molecule has 0 aromatic heterocycles. The summed E-state index contributed by atoms with van der Waals surface area (Å²) in [6.45, 7) is 1.91. The molecule has 0 saturated carbocycles. The van der Waals surface area contributed by atoms with Gasteiger partial charge < -0.3 is 10.2 Å². The number of para-hydroxylation sites is 1. The third-order valence-corrected chi connectivity index (χ3v) is 2.46. The van der Waals surface area contributed by atoms with Crippen LogP contribution in [0.5, 0.6) is 5.75 Å². The molecule has 0 heterocycles. The van der Waals surface area contributed by atoms with Crippen LogP contribution in [0.1, 0.15) is 18.4 Å². The lowest BCUT2D eigenvalue weighted by Crippen LogP contribution is -1.98. The molecule has 0 bridgehead atoms. The van der Waals surface area contributed by atoms with E-state index in [-0.39, 0.29) is 18.3 Å². The minimum Gasteiger partial charge on any atom is -0.506 e. The zero-order chi connectivity index (χ0) is 9.14. The summed E-state index contributed by atoms with van der Waals surface area (Å²) in [6.07, 6.45) is 0. The summed E-state index contributed by atoms with van der Waals surface area (Å²) in [5, 5.41) is 18.4. The fourth-order valence-electron chi connectivity index (χ4n) is 1.03. The topological polar surface area (TPSA) is 40.5 Å². The van der Waals surface area contributed by atoms with Crippen LogP contribution in [0.3, 0.4) is 0 Å². The molecule has 0 aliphatic rings. The molecule has 0 amide bonds. The number of halogens is 1. The van der Waals surface area contributed by atoms with Crippen molar-refractivity contribution in [3.63, 3.8) is 0 Å². The van der Waals surface area contributed by atoms with Gasteiger partial charge in [0.15, 0.2) is 0 Å². The van der Waals surface area contributed by atoms with Crippen molar-refractivity contribution in [3.05, 3.63) is 28.2 Å². The van der Waals surface area contributed by atoms with E-state index < -0.39 is 0 Å². The molecule has 0 radical (unpaired) electrons. The van der Waals surface area contributed by atoms with E-state index in [2.05, 4.69) is 15.9 Å². The predicted molar refractivity (Wildman–Crippen MR) is 51.3 cm³/mol. The van der Waals surface area contributed by atoms with Crippen molar-refractivity contribution in [2.75, 3.05) is 6.61 Å². The molecule has 0 fully saturated rings. The number of phenols is 1. The maximum absolute atomic E-state index is 9.54. The number of benzene rings is 1. The summed E-state index contributed by atoms with van der Waals surface area (Å²) in [5.41, 5.74) is 0.770. The average Bonchev–Trinajstić information content (AvgIpc) is 2.08. The van der Waals surface area contributed by atoms with Gasteiger partial charge in [-0.2, -0.15) is 0 Å². The van der Waals surface area contributed by atoms with E-state index in [4.69, 9.17) is 5.11 Å². The molecule has 3 heteroatoms. The maximum atomic E-state index is 9.54. The number of rotatable bonds is 2. The van der Waals surface area contributed by atoms with Gasteiger partial charge in [-0.25, -0.2) is 0 Å². The summed E-state index contributed by atoms with van der Waals surface area (Å²) >= 11 is 3.21. The molecule has 66 valence electrons. The number of hydrogen-bond acceptors (Lipinski definition) is 2. The molecule has 0 spiro atoms. The SMILES string of the molecule is CC(CO)c1cccc(Br)c1O. The Morgan fingerprint density at radius 1 is 1.50 bits per heavy atom. The monoisotopic (exact) mass is 230 g/mol. The van der Waals surface area contributed by atoms with Crippen LogP contribution in [0.25, 0.3) is 0 Å². The number of aliphatic hydroxyl groups is 1. The van der Waals surface area contributed by atoms with Crippen molar-refractivity contribution in [1.29, 1.82) is 0 Å². The van der Waals surface area contributed by atoms with E-state index in [9.17, 15) is 5.11 Å². The fourth-order valence-corrected chi connectivity index (χ4v) is 1.41. The van der Waals surface area contributed by atoms with Crippen LogP contribution < -0.4 is 0 Å². The highest BCUT2D eigenvalue weighted by molar-refractivity contribution is 9.10. The third-order valence-electron chi connectivity index (χ3n) is 1.82. The lowest BCUT2D eigenvalue weighted by Gasteiger charge is -2.10. The van der Waals surface area contributed by atoms with E-state index >= 15 is 0 Å². The van der Waals surface area contributed by atoms with Gasteiger partial charge in [-0.3, -0.25) is 0 Å². The lowest BCUT2D eigenvalue weighted by molar-refractivity contribution is 0.270. The van der Waals surface area contributed by atoms with E-state index in [1.54, 1.807) is 12.1 Å². The van der Waals surface area contributed by atoms with E-state index in [0.29, 0.717) is 4.47 Å². The van der Waals surface area contributed by atoms with Crippen LogP contribution >= 0.6 is 15.9 Å². The van der Waals surface area contributed by atoms with Gasteiger partial charge in [-0.1, -0.05) is 19.1 Å². The first kappa shape index (κ1) is 9.55. The van der Waals surface area contributed by atoms with E-state index in [0.717, 1.165) is 5.56 Å². The van der Waals surface area contributed by atoms with Crippen LogP contribution in [0.15, 0.2) is 22.7 Å². The Hall–Kier alpha value is -0.540. The van der Waals surface area contributed by atoms with Crippen LogP contribution in [-0.2, 0) is 0 Å². The van der Waals surface area contributed by atoms with Crippen molar-refractivity contribution in [3.8, 4) is 5.75 Å².